The summed E-state index contributed by atoms with van der Waals surface area (Å²) in [5, 5.41) is 6.72. The van der Waals surface area contributed by atoms with E-state index in [-0.39, 0.29) is 11.8 Å². The number of nitrogens with zero attached hydrogens (tertiary/aromatic N) is 2. The maximum Gasteiger partial charge on any atom is 0.317 e. The minimum atomic E-state index is -0.294. The zero-order valence-corrected chi connectivity index (χ0v) is 14.9. The standard InChI is InChI=1S/C16H19BrFN3O2/c1-10-13(11(2)23-20-10)9-21(3)16(22)19-7-6-12-4-5-15(18)14(17)8-12/h4-5,8H,6-7,9H2,1-3H3,(H,19,22). The van der Waals surface area contributed by atoms with Gasteiger partial charge >= 0.3 is 6.03 Å². The molecule has 124 valence electrons. The molecule has 2 aromatic rings. The first-order valence-electron chi connectivity index (χ1n) is 7.23. The number of carbonyl (C=O) groups excluding carboxylic acids is 1. The van der Waals surface area contributed by atoms with Crippen LogP contribution in [0.25, 0.3) is 0 Å². The molecule has 23 heavy (non-hydrogen) atoms. The highest BCUT2D eigenvalue weighted by atomic mass is 79.9. The number of hydrogen-bond acceptors (Lipinski definition) is 3. The SMILES string of the molecule is Cc1noc(C)c1CN(C)C(=O)NCCc1ccc(F)c(Br)c1. The van der Waals surface area contributed by atoms with E-state index in [1.807, 2.05) is 13.8 Å². The molecule has 1 aromatic heterocycles. The summed E-state index contributed by atoms with van der Waals surface area (Å²) < 4.78 is 18.7. The minimum absolute atomic E-state index is 0.175. The minimum Gasteiger partial charge on any atom is -0.361 e. The Labute approximate surface area is 143 Å². The van der Waals surface area contributed by atoms with Crippen LogP contribution in [0.1, 0.15) is 22.6 Å². The van der Waals surface area contributed by atoms with Crippen LogP contribution >= 0.6 is 15.9 Å². The van der Waals surface area contributed by atoms with Crippen molar-refractivity contribution in [3.8, 4) is 0 Å². The summed E-state index contributed by atoms with van der Waals surface area (Å²) >= 11 is 3.15. The molecule has 0 aliphatic heterocycles. The van der Waals surface area contributed by atoms with Crippen molar-refractivity contribution in [3.05, 3.63) is 51.1 Å². The van der Waals surface area contributed by atoms with Crippen molar-refractivity contribution in [2.45, 2.75) is 26.8 Å². The number of nitrogens with one attached hydrogen (secondary N) is 1. The first-order valence-corrected chi connectivity index (χ1v) is 8.02. The van der Waals surface area contributed by atoms with Crippen molar-refractivity contribution in [1.29, 1.82) is 0 Å². The smallest absolute Gasteiger partial charge is 0.317 e. The van der Waals surface area contributed by atoms with E-state index >= 15 is 0 Å². The van der Waals surface area contributed by atoms with Gasteiger partial charge in [0.1, 0.15) is 11.6 Å². The van der Waals surface area contributed by atoms with Crippen molar-refractivity contribution < 1.29 is 13.7 Å². The van der Waals surface area contributed by atoms with Crippen LogP contribution in [-0.4, -0.2) is 29.7 Å². The first kappa shape index (κ1) is 17.5. The highest BCUT2D eigenvalue weighted by molar-refractivity contribution is 9.10. The Morgan fingerprint density at radius 1 is 1.43 bits per heavy atom. The Balaban J connectivity index is 1.83. The maximum atomic E-state index is 13.2. The number of halogens is 2. The second-order valence-corrected chi connectivity index (χ2v) is 6.24. The number of urea groups is 1. The Morgan fingerprint density at radius 3 is 2.78 bits per heavy atom. The average molecular weight is 384 g/mol. The van der Waals surface area contributed by atoms with Crippen LogP contribution in [0.3, 0.4) is 0 Å². The summed E-state index contributed by atoms with van der Waals surface area (Å²) in [7, 11) is 1.72. The summed E-state index contributed by atoms with van der Waals surface area (Å²) in [6, 6.07) is 4.66. The lowest BCUT2D eigenvalue weighted by Gasteiger charge is -2.17. The van der Waals surface area contributed by atoms with Gasteiger partial charge in [0.05, 0.1) is 16.7 Å². The van der Waals surface area contributed by atoms with E-state index in [0.29, 0.717) is 24.0 Å². The van der Waals surface area contributed by atoms with Gasteiger partial charge in [-0.2, -0.15) is 0 Å². The van der Waals surface area contributed by atoms with Crippen molar-refractivity contribution in [1.82, 2.24) is 15.4 Å². The van der Waals surface area contributed by atoms with Gasteiger partial charge in [0, 0.05) is 19.2 Å². The lowest BCUT2D eigenvalue weighted by molar-refractivity contribution is 0.207. The number of amides is 2. The zero-order valence-electron chi connectivity index (χ0n) is 13.3. The fourth-order valence-corrected chi connectivity index (χ4v) is 2.61. The van der Waals surface area contributed by atoms with Crippen molar-refractivity contribution >= 4 is 22.0 Å². The molecule has 5 nitrogen and oxygen atoms in total. The van der Waals surface area contributed by atoms with E-state index in [9.17, 15) is 9.18 Å². The molecule has 0 radical (unpaired) electrons. The van der Waals surface area contributed by atoms with Gasteiger partial charge in [-0.15, -0.1) is 0 Å². The third-order valence-electron chi connectivity index (χ3n) is 3.60. The topological polar surface area (TPSA) is 58.4 Å². The van der Waals surface area contributed by atoms with E-state index in [4.69, 9.17) is 4.52 Å². The second-order valence-electron chi connectivity index (χ2n) is 5.39. The van der Waals surface area contributed by atoms with E-state index in [1.54, 1.807) is 24.1 Å². The van der Waals surface area contributed by atoms with Gasteiger partial charge in [0.15, 0.2) is 0 Å². The van der Waals surface area contributed by atoms with E-state index in [1.165, 1.54) is 6.07 Å². The number of aryl methyl sites for hydroxylation is 2. The maximum absolute atomic E-state index is 13.2. The zero-order chi connectivity index (χ0) is 17.0. The van der Waals surface area contributed by atoms with Gasteiger partial charge < -0.3 is 14.7 Å². The van der Waals surface area contributed by atoms with Gasteiger partial charge in [0.25, 0.3) is 0 Å². The molecule has 0 bridgehead atoms. The van der Waals surface area contributed by atoms with Crippen LogP contribution in [0.2, 0.25) is 0 Å². The van der Waals surface area contributed by atoms with Crippen LogP contribution in [0.4, 0.5) is 9.18 Å². The fourth-order valence-electron chi connectivity index (χ4n) is 2.18. The summed E-state index contributed by atoms with van der Waals surface area (Å²) in [5.74, 6) is 0.426. The molecule has 1 N–H and O–H groups in total. The van der Waals surface area contributed by atoms with Gasteiger partial charge in [0.2, 0.25) is 0 Å². The number of hydrogen-bond donors (Lipinski definition) is 1. The molecule has 7 heteroatoms. The molecule has 1 heterocycles. The van der Waals surface area contributed by atoms with E-state index < -0.39 is 0 Å². The van der Waals surface area contributed by atoms with Crippen molar-refractivity contribution in [2.75, 3.05) is 13.6 Å². The van der Waals surface area contributed by atoms with Crippen LogP contribution in [0.5, 0.6) is 0 Å². The molecule has 2 rings (SSSR count). The van der Waals surface area contributed by atoms with Crippen LogP contribution < -0.4 is 5.32 Å². The largest absolute Gasteiger partial charge is 0.361 e. The summed E-state index contributed by atoms with van der Waals surface area (Å²) in [5.41, 5.74) is 2.66. The fraction of sp³-hybridized carbons (Fsp3) is 0.375. The molecule has 1 aromatic carbocycles. The normalized spacial score (nSPS) is 10.7. The van der Waals surface area contributed by atoms with Crippen molar-refractivity contribution in [2.24, 2.45) is 0 Å². The Hall–Kier alpha value is -1.89. The molecule has 0 unspecified atom stereocenters. The third-order valence-corrected chi connectivity index (χ3v) is 4.20. The molecule has 0 saturated carbocycles. The Kier molecular flexibility index (Phi) is 5.76. The Bertz CT molecular complexity index is 683. The molecule has 0 aliphatic rings. The van der Waals surface area contributed by atoms with Crippen LogP contribution in [-0.2, 0) is 13.0 Å². The van der Waals surface area contributed by atoms with Gasteiger partial charge in [-0.1, -0.05) is 11.2 Å². The van der Waals surface area contributed by atoms with Gasteiger partial charge in [-0.25, -0.2) is 9.18 Å². The molecule has 0 spiro atoms. The molecular weight excluding hydrogens is 365 g/mol. The number of aromatic nitrogens is 1. The van der Waals surface area contributed by atoms with Crippen molar-refractivity contribution in [3.63, 3.8) is 0 Å². The van der Waals surface area contributed by atoms with Crippen LogP contribution in [0, 0.1) is 19.7 Å². The molecular formula is C16H19BrFN3O2. The number of rotatable bonds is 5. The summed E-state index contributed by atoms with van der Waals surface area (Å²) in [6.07, 6.45) is 0.629. The highest BCUT2D eigenvalue weighted by Gasteiger charge is 2.15. The predicted octanol–water partition coefficient (Wildman–Crippen LogP) is 3.58. The molecule has 0 saturated heterocycles. The molecule has 0 fully saturated rings. The van der Waals surface area contributed by atoms with E-state index in [0.717, 1.165) is 22.6 Å². The Morgan fingerprint density at radius 2 is 2.17 bits per heavy atom. The number of carbonyl (C=O) groups is 1. The lowest BCUT2D eigenvalue weighted by atomic mass is 10.1. The van der Waals surface area contributed by atoms with Gasteiger partial charge in [-0.05, 0) is 53.9 Å². The average Bonchev–Trinajstić information content (AvgIpc) is 2.82. The predicted molar refractivity (Wildman–Crippen MR) is 88.6 cm³/mol. The van der Waals surface area contributed by atoms with E-state index in [2.05, 4.69) is 26.4 Å². The molecule has 2 amide bonds. The number of benzene rings is 1. The molecule has 0 aliphatic carbocycles. The van der Waals surface area contributed by atoms with Gasteiger partial charge in [-0.3, -0.25) is 0 Å². The third kappa shape index (κ3) is 4.54. The second kappa shape index (κ2) is 7.59. The first-order chi connectivity index (χ1) is 10.9. The van der Waals surface area contributed by atoms with Crippen LogP contribution in [0.15, 0.2) is 27.2 Å². The summed E-state index contributed by atoms with van der Waals surface area (Å²) in [6.45, 7) is 4.59. The quantitative estimate of drug-likeness (QED) is 0.858. The molecule has 0 atom stereocenters. The summed E-state index contributed by atoms with van der Waals surface area (Å²) in [4.78, 5) is 13.7. The lowest BCUT2D eigenvalue weighted by Crippen LogP contribution is -2.38. The monoisotopic (exact) mass is 383 g/mol. The highest BCUT2D eigenvalue weighted by Crippen LogP contribution is 2.17.